The van der Waals surface area contributed by atoms with Gasteiger partial charge < -0.3 is 15.1 Å². The van der Waals surface area contributed by atoms with E-state index in [1.807, 2.05) is 30.5 Å². The lowest BCUT2D eigenvalue weighted by Crippen LogP contribution is -2.37. The molecule has 3 aromatic rings. The Morgan fingerprint density at radius 3 is 3.00 bits per heavy atom. The molecule has 0 spiro atoms. The number of rotatable bonds is 4. The minimum absolute atomic E-state index is 0.0619. The number of hydrogen-bond donors (Lipinski definition) is 3. The number of nitrogens with one attached hydrogen (secondary N) is 2. The SMILES string of the molecule is Cc1nnc(NC(=O)[C@H](N)Cc2c[nH]c3ccccc23)o1. The van der Waals surface area contributed by atoms with Gasteiger partial charge in [-0.25, -0.2) is 0 Å². The molecule has 3 rings (SSSR count). The smallest absolute Gasteiger partial charge is 0.322 e. The highest BCUT2D eigenvalue weighted by Crippen LogP contribution is 2.19. The predicted molar refractivity (Wildman–Crippen MR) is 77.6 cm³/mol. The van der Waals surface area contributed by atoms with Gasteiger partial charge in [-0.1, -0.05) is 23.3 Å². The van der Waals surface area contributed by atoms with E-state index in [1.165, 1.54) is 0 Å². The molecule has 7 heteroatoms. The fraction of sp³-hybridized carbons (Fsp3) is 0.214. The number of hydrogen-bond acceptors (Lipinski definition) is 5. The third-order valence-electron chi connectivity index (χ3n) is 3.21. The molecule has 7 nitrogen and oxygen atoms in total. The lowest BCUT2D eigenvalue weighted by atomic mass is 10.1. The van der Waals surface area contributed by atoms with E-state index in [1.54, 1.807) is 6.92 Å². The van der Waals surface area contributed by atoms with Gasteiger partial charge >= 0.3 is 6.01 Å². The summed E-state index contributed by atoms with van der Waals surface area (Å²) < 4.78 is 5.09. The first-order valence-corrected chi connectivity index (χ1v) is 6.55. The van der Waals surface area contributed by atoms with E-state index in [0.717, 1.165) is 16.5 Å². The summed E-state index contributed by atoms with van der Waals surface area (Å²) in [5.74, 6) is 0.0273. The average molecular weight is 285 g/mol. The molecule has 108 valence electrons. The van der Waals surface area contributed by atoms with E-state index < -0.39 is 6.04 Å². The van der Waals surface area contributed by atoms with Crippen LogP contribution in [0.2, 0.25) is 0 Å². The summed E-state index contributed by atoms with van der Waals surface area (Å²) in [6.45, 7) is 1.65. The van der Waals surface area contributed by atoms with Crippen LogP contribution in [0.5, 0.6) is 0 Å². The van der Waals surface area contributed by atoms with Crippen molar-refractivity contribution in [2.75, 3.05) is 5.32 Å². The van der Waals surface area contributed by atoms with Crippen molar-refractivity contribution in [1.29, 1.82) is 0 Å². The molecule has 0 aliphatic carbocycles. The Morgan fingerprint density at radius 2 is 2.24 bits per heavy atom. The van der Waals surface area contributed by atoms with Crippen molar-refractivity contribution in [3.63, 3.8) is 0 Å². The number of benzene rings is 1. The van der Waals surface area contributed by atoms with Gasteiger partial charge in [-0.3, -0.25) is 10.1 Å². The number of fused-ring (bicyclic) bond motifs is 1. The molecule has 21 heavy (non-hydrogen) atoms. The van der Waals surface area contributed by atoms with Gasteiger partial charge in [0.1, 0.15) is 0 Å². The lowest BCUT2D eigenvalue weighted by molar-refractivity contribution is -0.117. The average Bonchev–Trinajstić information content (AvgIpc) is 3.06. The third-order valence-corrected chi connectivity index (χ3v) is 3.21. The first-order valence-electron chi connectivity index (χ1n) is 6.55. The molecular weight excluding hydrogens is 270 g/mol. The van der Waals surface area contributed by atoms with Crippen molar-refractivity contribution in [3.8, 4) is 0 Å². The molecule has 1 amide bonds. The van der Waals surface area contributed by atoms with Gasteiger partial charge in [0.2, 0.25) is 11.8 Å². The second-order valence-corrected chi connectivity index (χ2v) is 4.79. The molecule has 0 aliphatic rings. The monoisotopic (exact) mass is 285 g/mol. The Bertz CT molecular complexity index is 776. The van der Waals surface area contributed by atoms with Crippen LogP contribution in [-0.4, -0.2) is 27.1 Å². The molecule has 0 aliphatic heterocycles. The largest absolute Gasteiger partial charge is 0.408 e. The quantitative estimate of drug-likeness (QED) is 0.670. The molecule has 2 aromatic heterocycles. The maximum absolute atomic E-state index is 12.0. The summed E-state index contributed by atoms with van der Waals surface area (Å²) in [7, 11) is 0. The number of para-hydroxylation sites is 1. The number of nitrogens with zero attached hydrogens (tertiary/aromatic N) is 2. The number of anilines is 1. The standard InChI is InChI=1S/C14H15N5O2/c1-8-18-19-14(21-8)17-13(20)11(15)6-9-7-16-12-5-3-2-4-10(9)12/h2-5,7,11,16H,6,15H2,1H3,(H,17,19,20)/t11-/m1/s1. The summed E-state index contributed by atoms with van der Waals surface area (Å²) >= 11 is 0. The fourth-order valence-corrected chi connectivity index (χ4v) is 2.18. The predicted octanol–water partition coefficient (Wildman–Crippen LogP) is 1.37. The molecule has 0 fully saturated rings. The van der Waals surface area contributed by atoms with Crippen molar-refractivity contribution in [2.45, 2.75) is 19.4 Å². The second kappa shape index (κ2) is 5.37. The topological polar surface area (TPSA) is 110 Å². The van der Waals surface area contributed by atoms with Crippen molar-refractivity contribution in [3.05, 3.63) is 41.9 Å². The molecule has 0 unspecified atom stereocenters. The number of aromatic amines is 1. The summed E-state index contributed by atoms with van der Waals surface area (Å²) in [6.07, 6.45) is 2.29. The van der Waals surface area contributed by atoms with Crippen LogP contribution in [-0.2, 0) is 11.2 Å². The first-order chi connectivity index (χ1) is 10.1. The number of aryl methyl sites for hydroxylation is 1. The number of carbonyl (C=O) groups is 1. The Kier molecular flexibility index (Phi) is 3.41. The van der Waals surface area contributed by atoms with Gasteiger partial charge in [0.25, 0.3) is 0 Å². The highest BCUT2D eigenvalue weighted by atomic mass is 16.4. The van der Waals surface area contributed by atoms with E-state index >= 15 is 0 Å². The number of nitrogens with two attached hydrogens (primary N) is 1. The highest BCUT2D eigenvalue weighted by Gasteiger charge is 2.18. The van der Waals surface area contributed by atoms with Crippen molar-refractivity contribution in [2.24, 2.45) is 5.73 Å². The van der Waals surface area contributed by atoms with Gasteiger partial charge in [-0.2, -0.15) is 0 Å². The number of aromatic nitrogens is 3. The molecule has 0 bridgehead atoms. The molecule has 2 heterocycles. The fourth-order valence-electron chi connectivity index (χ4n) is 2.18. The van der Waals surface area contributed by atoms with Gasteiger partial charge in [0, 0.05) is 24.0 Å². The van der Waals surface area contributed by atoms with Gasteiger partial charge in [-0.05, 0) is 18.1 Å². The van der Waals surface area contributed by atoms with Crippen LogP contribution in [0.25, 0.3) is 10.9 Å². The molecule has 4 N–H and O–H groups in total. The van der Waals surface area contributed by atoms with Gasteiger partial charge in [-0.15, -0.1) is 5.10 Å². The molecule has 0 saturated carbocycles. The Hall–Kier alpha value is -2.67. The highest BCUT2D eigenvalue weighted by molar-refractivity contribution is 5.93. The van der Waals surface area contributed by atoms with Crippen LogP contribution in [0.1, 0.15) is 11.5 Å². The van der Waals surface area contributed by atoms with Crippen LogP contribution in [0.3, 0.4) is 0 Å². The molecule has 0 radical (unpaired) electrons. The van der Waals surface area contributed by atoms with Crippen molar-refractivity contribution >= 4 is 22.8 Å². The van der Waals surface area contributed by atoms with E-state index in [4.69, 9.17) is 10.2 Å². The van der Waals surface area contributed by atoms with Gasteiger partial charge in [0.15, 0.2) is 0 Å². The Labute approximate surface area is 120 Å². The summed E-state index contributed by atoms with van der Waals surface area (Å²) in [5.41, 5.74) is 7.95. The Morgan fingerprint density at radius 1 is 1.43 bits per heavy atom. The maximum Gasteiger partial charge on any atom is 0.322 e. The van der Waals surface area contributed by atoms with Crippen LogP contribution in [0, 0.1) is 6.92 Å². The van der Waals surface area contributed by atoms with Crippen LogP contribution in [0.4, 0.5) is 6.01 Å². The third kappa shape index (κ3) is 2.77. The van der Waals surface area contributed by atoms with E-state index in [-0.39, 0.29) is 11.9 Å². The lowest BCUT2D eigenvalue weighted by Gasteiger charge is -2.09. The first kappa shape index (κ1) is 13.3. The van der Waals surface area contributed by atoms with E-state index in [9.17, 15) is 4.79 Å². The number of carbonyl (C=O) groups excluding carboxylic acids is 1. The minimum atomic E-state index is -0.698. The van der Waals surface area contributed by atoms with Gasteiger partial charge in [0.05, 0.1) is 6.04 Å². The number of amides is 1. The van der Waals surface area contributed by atoms with E-state index in [2.05, 4.69) is 20.5 Å². The zero-order chi connectivity index (χ0) is 14.8. The summed E-state index contributed by atoms with van der Waals surface area (Å²) in [4.78, 5) is 15.2. The van der Waals surface area contributed by atoms with E-state index in [0.29, 0.717) is 12.3 Å². The molecule has 0 saturated heterocycles. The van der Waals surface area contributed by atoms with Crippen LogP contribution in [0.15, 0.2) is 34.9 Å². The Balaban J connectivity index is 1.70. The normalized spacial score (nSPS) is 12.5. The maximum atomic E-state index is 12.0. The zero-order valence-electron chi connectivity index (χ0n) is 11.5. The molecule has 1 aromatic carbocycles. The zero-order valence-corrected chi connectivity index (χ0v) is 11.5. The molecule has 1 atom stereocenters. The van der Waals surface area contributed by atoms with Crippen molar-refractivity contribution in [1.82, 2.24) is 15.2 Å². The summed E-state index contributed by atoms with van der Waals surface area (Å²) in [5, 5.41) is 10.9. The van der Waals surface area contributed by atoms with Crippen LogP contribution >= 0.6 is 0 Å². The number of H-pyrrole nitrogens is 1. The van der Waals surface area contributed by atoms with Crippen molar-refractivity contribution < 1.29 is 9.21 Å². The molecular formula is C14H15N5O2. The second-order valence-electron chi connectivity index (χ2n) is 4.79. The summed E-state index contributed by atoms with van der Waals surface area (Å²) in [6, 6.07) is 7.24. The van der Waals surface area contributed by atoms with Crippen LogP contribution < -0.4 is 11.1 Å². The minimum Gasteiger partial charge on any atom is -0.408 e.